The highest BCUT2D eigenvalue weighted by Crippen LogP contribution is 2.32. The molecular weight excluding hydrogens is 530 g/mol. The highest BCUT2D eigenvalue weighted by Gasteiger charge is 2.45. The maximum Gasteiger partial charge on any atom is 0.229 e. The molecule has 0 aliphatic carbocycles. The highest BCUT2D eigenvalue weighted by atomic mass is 16.7. The van der Waals surface area contributed by atoms with Gasteiger partial charge in [-0.2, -0.15) is 0 Å². The van der Waals surface area contributed by atoms with Gasteiger partial charge in [0, 0.05) is 0 Å². The van der Waals surface area contributed by atoms with E-state index in [-0.39, 0.29) is 35.6 Å². The quantitative estimate of drug-likeness (QED) is 0.180. The van der Waals surface area contributed by atoms with Gasteiger partial charge in [-0.15, -0.1) is 0 Å². The molecule has 2 aromatic carbocycles. The highest BCUT2D eigenvalue weighted by molar-refractivity contribution is 6.10. The number of carbonyl (C=O) groups is 3. The number of aliphatic carboxylic acids is 1. The van der Waals surface area contributed by atoms with Gasteiger partial charge in [0.05, 0.1) is 26.6 Å². The predicted molar refractivity (Wildman–Crippen MR) is 139 cm³/mol. The Morgan fingerprint density at radius 3 is 1.95 bits per heavy atom. The smallest absolute Gasteiger partial charge is 0.229 e. The Morgan fingerprint density at radius 2 is 1.40 bits per heavy atom. The standard InChI is InChI=1S/C27H28O12.H3N/c1-36-20-11-14(5-9-18(20)30)3-7-16(28)13-17(29)8-4-15-6-10-19(21(12-15)37-2)38-27-24(33)22(31)23(32)25(39-27)26(34)35;/h3-12,22-25,27,30-33H,13H2,1-2H3,(H,34,35);1H3/b7-3+,8-4+;. The molecule has 1 fully saturated rings. The fourth-order valence-corrected chi connectivity index (χ4v) is 3.62. The third kappa shape index (κ3) is 7.88. The van der Waals surface area contributed by atoms with Crippen LogP contribution in [0.3, 0.4) is 0 Å². The molecule has 0 radical (unpaired) electrons. The van der Waals surface area contributed by atoms with Crippen molar-refractivity contribution in [3.63, 3.8) is 0 Å². The van der Waals surface area contributed by atoms with E-state index in [1.807, 2.05) is 0 Å². The lowest BCUT2D eigenvalue weighted by Gasteiger charge is -2.40. The van der Waals surface area contributed by atoms with E-state index in [0.717, 1.165) is 0 Å². The first-order chi connectivity index (χ1) is 18.5. The number of hydrogen-bond donors (Lipinski definition) is 5. The molecule has 0 aromatic heterocycles. The fraction of sp³-hybridized carbons (Fsp3) is 0.296. The van der Waals surface area contributed by atoms with Crippen LogP contribution in [0, 0.1) is 0 Å². The zero-order valence-electron chi connectivity index (χ0n) is 21.9. The number of carboxylic acid groups (broad SMARTS) is 1. The number of rotatable bonds is 11. The normalized spacial score (nSPS) is 22.5. The Morgan fingerprint density at radius 1 is 0.850 bits per heavy atom. The molecule has 1 aliphatic heterocycles. The minimum absolute atomic E-state index is 0. The number of hydrogen-bond acceptors (Lipinski definition) is 12. The Kier molecular flexibility index (Phi) is 11.3. The summed E-state index contributed by atoms with van der Waals surface area (Å²) in [6.07, 6.45) is -4.16. The van der Waals surface area contributed by atoms with E-state index < -0.39 is 48.2 Å². The largest absolute Gasteiger partial charge is 0.547 e. The molecule has 1 heterocycles. The summed E-state index contributed by atoms with van der Waals surface area (Å²) in [7, 11) is 2.71. The number of phenols is 1. The monoisotopic (exact) mass is 561 g/mol. The third-order valence-corrected chi connectivity index (χ3v) is 5.71. The molecule has 5 unspecified atom stereocenters. The number of benzene rings is 2. The average Bonchev–Trinajstić information content (AvgIpc) is 2.91. The molecule has 8 N–H and O–H groups in total. The van der Waals surface area contributed by atoms with Gasteiger partial charge in [0.1, 0.15) is 24.4 Å². The van der Waals surface area contributed by atoms with E-state index in [0.29, 0.717) is 11.1 Å². The van der Waals surface area contributed by atoms with Crippen molar-refractivity contribution in [1.82, 2.24) is 6.15 Å². The summed E-state index contributed by atoms with van der Waals surface area (Å²) in [6.45, 7) is 0. The second-order valence-corrected chi connectivity index (χ2v) is 8.45. The number of quaternary nitrogens is 1. The van der Waals surface area contributed by atoms with Crippen LogP contribution >= 0.6 is 0 Å². The number of carbonyl (C=O) groups excluding carboxylic acids is 3. The number of ketones is 2. The van der Waals surface area contributed by atoms with Crippen molar-refractivity contribution in [3.05, 3.63) is 59.7 Å². The molecule has 5 atom stereocenters. The van der Waals surface area contributed by atoms with Gasteiger partial charge >= 0.3 is 0 Å². The van der Waals surface area contributed by atoms with Crippen LogP contribution in [-0.2, 0) is 19.1 Å². The van der Waals surface area contributed by atoms with E-state index in [4.69, 9.17) is 18.9 Å². The minimum atomic E-state index is -1.94. The average molecular weight is 562 g/mol. The molecule has 1 aliphatic rings. The number of aromatic hydroxyl groups is 1. The topological polar surface area (TPSA) is 229 Å². The molecule has 3 rings (SSSR count). The zero-order valence-corrected chi connectivity index (χ0v) is 21.9. The van der Waals surface area contributed by atoms with Crippen molar-refractivity contribution in [2.45, 2.75) is 37.1 Å². The summed E-state index contributed by atoms with van der Waals surface area (Å²) in [5.41, 5.74) is 1.09. The molecule has 1 saturated heterocycles. The number of ether oxygens (including phenoxy) is 4. The Hall–Kier alpha value is -4.27. The van der Waals surface area contributed by atoms with E-state index in [1.165, 1.54) is 68.9 Å². The van der Waals surface area contributed by atoms with Gasteiger partial charge in [0.25, 0.3) is 0 Å². The summed E-state index contributed by atoms with van der Waals surface area (Å²) in [4.78, 5) is 35.6. The lowest BCUT2D eigenvalue weighted by atomic mass is 9.99. The van der Waals surface area contributed by atoms with E-state index in [2.05, 4.69) is 0 Å². The molecule has 0 saturated carbocycles. The van der Waals surface area contributed by atoms with Crippen LogP contribution in [0.2, 0.25) is 0 Å². The molecule has 13 heteroatoms. The summed E-state index contributed by atoms with van der Waals surface area (Å²) >= 11 is 0. The fourth-order valence-electron chi connectivity index (χ4n) is 3.62. The van der Waals surface area contributed by atoms with Crippen LogP contribution in [0.1, 0.15) is 17.5 Å². The molecule has 13 nitrogen and oxygen atoms in total. The van der Waals surface area contributed by atoms with Crippen LogP contribution < -0.4 is 25.5 Å². The van der Waals surface area contributed by atoms with Crippen LogP contribution in [0.4, 0.5) is 0 Å². The second kappa shape index (κ2) is 14.2. The van der Waals surface area contributed by atoms with Gasteiger partial charge in [-0.3, -0.25) is 9.59 Å². The van der Waals surface area contributed by atoms with Crippen molar-refractivity contribution in [3.8, 4) is 23.0 Å². The molecule has 216 valence electrons. The van der Waals surface area contributed by atoms with Gasteiger partial charge in [-0.1, -0.05) is 24.3 Å². The number of phenolic OH excluding ortho intramolecular Hbond substituents is 1. The first-order valence-corrected chi connectivity index (χ1v) is 11.6. The summed E-state index contributed by atoms with van der Waals surface area (Å²) in [6, 6.07) is 8.91. The van der Waals surface area contributed by atoms with Gasteiger partial charge in [0.15, 0.2) is 34.6 Å². The van der Waals surface area contributed by atoms with Crippen LogP contribution in [-0.4, -0.2) is 82.9 Å². The molecule has 0 spiro atoms. The summed E-state index contributed by atoms with van der Waals surface area (Å²) < 4.78 is 20.8. The van der Waals surface area contributed by atoms with E-state index in [9.17, 15) is 39.9 Å². The third-order valence-electron chi connectivity index (χ3n) is 5.71. The predicted octanol–water partition coefficient (Wildman–Crippen LogP) is -0.0232. The van der Waals surface area contributed by atoms with Gasteiger partial charge in [-0.05, 0) is 47.5 Å². The summed E-state index contributed by atoms with van der Waals surface area (Å²) in [5.74, 6) is -2.37. The lowest BCUT2D eigenvalue weighted by Crippen LogP contribution is -2.63. The first-order valence-electron chi connectivity index (χ1n) is 11.6. The van der Waals surface area contributed by atoms with Crippen molar-refractivity contribution in [2.24, 2.45) is 0 Å². The Bertz CT molecular complexity index is 1270. The SMILES string of the molecule is COc1cc(/C=C/C(=O)CC(=O)/C=C/c2ccc(OC3OC(C(=O)[O-])C(O)C(O)C3O)c(OC)c2)ccc1O.[NH4+]. The van der Waals surface area contributed by atoms with Crippen molar-refractivity contribution < 1.29 is 58.9 Å². The number of aliphatic hydroxyl groups is 3. The van der Waals surface area contributed by atoms with Crippen molar-refractivity contribution >= 4 is 29.7 Å². The number of allylic oxidation sites excluding steroid dienone is 2. The van der Waals surface area contributed by atoms with Crippen molar-refractivity contribution in [2.75, 3.05) is 14.2 Å². The second-order valence-electron chi connectivity index (χ2n) is 8.45. The molecular formula is C27H31NO12. The van der Waals surface area contributed by atoms with E-state index >= 15 is 0 Å². The Labute approximate surface area is 229 Å². The molecule has 0 amide bonds. The van der Waals surface area contributed by atoms with Crippen molar-refractivity contribution in [1.29, 1.82) is 0 Å². The van der Waals surface area contributed by atoms with Gasteiger partial charge < -0.3 is 55.4 Å². The van der Waals surface area contributed by atoms with E-state index in [1.54, 1.807) is 6.07 Å². The number of aliphatic hydroxyl groups excluding tert-OH is 3. The maximum atomic E-state index is 12.3. The van der Waals surface area contributed by atoms with Crippen LogP contribution in [0.25, 0.3) is 12.2 Å². The summed E-state index contributed by atoms with van der Waals surface area (Å²) in [5, 5.41) is 50.6. The Balaban J connectivity index is 0.00000560. The molecule has 40 heavy (non-hydrogen) atoms. The minimum Gasteiger partial charge on any atom is -0.547 e. The van der Waals surface area contributed by atoms with Crippen LogP contribution in [0.15, 0.2) is 48.6 Å². The van der Waals surface area contributed by atoms with Crippen LogP contribution in [0.5, 0.6) is 23.0 Å². The first kappa shape index (κ1) is 31.9. The molecule has 0 bridgehead atoms. The lowest BCUT2D eigenvalue weighted by molar-refractivity contribution is -0.342. The maximum absolute atomic E-state index is 12.3. The molecule has 2 aromatic rings. The number of methoxy groups -OCH3 is 2. The number of carboxylic acids is 1. The van der Waals surface area contributed by atoms with Gasteiger partial charge in [-0.25, -0.2) is 0 Å². The zero-order chi connectivity index (χ0) is 28.7. The van der Waals surface area contributed by atoms with Gasteiger partial charge in [0.2, 0.25) is 6.29 Å².